The van der Waals surface area contributed by atoms with Gasteiger partial charge in [-0.2, -0.15) is 0 Å². The number of nitrogens with one attached hydrogen (secondary N) is 1. The predicted octanol–water partition coefficient (Wildman–Crippen LogP) is 2.95. The predicted molar refractivity (Wildman–Crippen MR) is 92.9 cm³/mol. The third-order valence-electron chi connectivity index (χ3n) is 4.28. The van der Waals surface area contributed by atoms with Gasteiger partial charge >= 0.3 is 0 Å². The Morgan fingerprint density at radius 3 is 2.83 bits per heavy atom. The third kappa shape index (κ3) is 4.24. The van der Waals surface area contributed by atoms with Crippen molar-refractivity contribution >= 4 is 5.69 Å². The van der Waals surface area contributed by atoms with Gasteiger partial charge in [-0.3, -0.25) is 0 Å². The Labute approximate surface area is 137 Å². The number of morpholine rings is 1. The van der Waals surface area contributed by atoms with Crippen LogP contribution in [-0.4, -0.2) is 37.5 Å². The van der Waals surface area contributed by atoms with E-state index in [2.05, 4.69) is 41.4 Å². The maximum Gasteiger partial charge on any atom is 0.115 e. The second-order valence-corrected chi connectivity index (χ2v) is 6.00. The molecule has 1 aliphatic rings. The lowest BCUT2D eigenvalue weighted by molar-refractivity contribution is 0.0394. The van der Waals surface area contributed by atoms with Crippen LogP contribution in [0.4, 0.5) is 5.69 Å². The van der Waals surface area contributed by atoms with Gasteiger partial charge in [-0.25, -0.2) is 0 Å². The van der Waals surface area contributed by atoms with Crippen molar-refractivity contribution in [1.82, 2.24) is 5.32 Å². The lowest BCUT2D eigenvalue weighted by Gasteiger charge is -2.35. The molecule has 23 heavy (non-hydrogen) atoms. The molecule has 1 heterocycles. The lowest BCUT2D eigenvalue weighted by Crippen LogP contribution is -2.47. The van der Waals surface area contributed by atoms with Gasteiger partial charge in [-0.05, 0) is 36.8 Å². The van der Waals surface area contributed by atoms with Crippen LogP contribution in [0.2, 0.25) is 0 Å². The summed E-state index contributed by atoms with van der Waals surface area (Å²) >= 11 is 0. The second-order valence-electron chi connectivity index (χ2n) is 6.00. The number of hydrogen-bond donors (Lipinski definition) is 2. The van der Waals surface area contributed by atoms with Crippen molar-refractivity contribution in [2.24, 2.45) is 0 Å². The van der Waals surface area contributed by atoms with E-state index in [-0.39, 0.29) is 12.1 Å². The van der Waals surface area contributed by atoms with Gasteiger partial charge in [-0.15, -0.1) is 0 Å². The molecule has 0 amide bonds. The van der Waals surface area contributed by atoms with Gasteiger partial charge in [0, 0.05) is 31.4 Å². The Bertz CT molecular complexity index is 618. The molecule has 122 valence electrons. The van der Waals surface area contributed by atoms with Crippen LogP contribution in [0.3, 0.4) is 0 Å². The number of phenolic OH excluding ortho intramolecular Hbond substituents is 1. The third-order valence-corrected chi connectivity index (χ3v) is 4.28. The van der Waals surface area contributed by atoms with Gasteiger partial charge in [0.1, 0.15) is 5.75 Å². The van der Waals surface area contributed by atoms with E-state index in [1.54, 1.807) is 12.1 Å². The van der Waals surface area contributed by atoms with Crippen LogP contribution in [0.25, 0.3) is 0 Å². The zero-order valence-corrected chi connectivity index (χ0v) is 13.5. The molecule has 2 aromatic carbocycles. The van der Waals surface area contributed by atoms with Crippen molar-refractivity contribution in [2.75, 3.05) is 31.1 Å². The molecular weight excluding hydrogens is 288 g/mol. The van der Waals surface area contributed by atoms with Gasteiger partial charge in [-0.1, -0.05) is 30.3 Å². The summed E-state index contributed by atoms with van der Waals surface area (Å²) in [6.45, 7) is 5.47. The average Bonchev–Trinajstić information content (AvgIpc) is 2.61. The molecule has 4 nitrogen and oxygen atoms in total. The SMILES string of the molecule is C[C@@H](NCC1CN(c2ccccc2)CCO1)c1cccc(O)c1. The molecule has 1 saturated heterocycles. The summed E-state index contributed by atoms with van der Waals surface area (Å²) in [6.07, 6.45) is 0.170. The standard InChI is InChI=1S/C19H24N2O2/c1-15(16-6-5-9-18(22)12-16)20-13-19-14-21(10-11-23-19)17-7-3-2-4-8-17/h2-9,12,15,19-20,22H,10-11,13-14H2,1H3/t15-,19?/m1/s1. The molecule has 2 N–H and O–H groups in total. The fourth-order valence-corrected chi connectivity index (χ4v) is 2.94. The molecule has 0 radical (unpaired) electrons. The van der Waals surface area contributed by atoms with Crippen LogP contribution in [0.1, 0.15) is 18.5 Å². The Balaban J connectivity index is 1.54. The zero-order valence-electron chi connectivity index (χ0n) is 13.5. The van der Waals surface area contributed by atoms with E-state index in [0.29, 0.717) is 5.75 Å². The van der Waals surface area contributed by atoms with Crippen LogP contribution in [0, 0.1) is 0 Å². The van der Waals surface area contributed by atoms with E-state index in [0.717, 1.165) is 31.8 Å². The van der Waals surface area contributed by atoms with Crippen LogP contribution in [-0.2, 0) is 4.74 Å². The summed E-state index contributed by atoms with van der Waals surface area (Å²) in [6, 6.07) is 18.0. The number of aromatic hydroxyl groups is 1. The number of nitrogens with zero attached hydrogens (tertiary/aromatic N) is 1. The summed E-state index contributed by atoms with van der Waals surface area (Å²) < 4.78 is 5.89. The molecule has 0 spiro atoms. The van der Waals surface area contributed by atoms with Crippen LogP contribution >= 0.6 is 0 Å². The first-order valence-electron chi connectivity index (χ1n) is 8.16. The zero-order chi connectivity index (χ0) is 16.1. The molecule has 3 rings (SSSR count). The molecule has 1 unspecified atom stereocenters. The topological polar surface area (TPSA) is 44.7 Å². The molecule has 2 atom stereocenters. The Morgan fingerprint density at radius 1 is 1.22 bits per heavy atom. The Kier molecular flexibility index (Phi) is 5.16. The number of benzene rings is 2. The maximum absolute atomic E-state index is 9.58. The van der Waals surface area contributed by atoms with Gasteiger partial charge < -0.3 is 20.1 Å². The fourth-order valence-electron chi connectivity index (χ4n) is 2.94. The first kappa shape index (κ1) is 15.8. The van der Waals surface area contributed by atoms with E-state index in [9.17, 15) is 5.11 Å². The van der Waals surface area contributed by atoms with Gasteiger partial charge in [0.15, 0.2) is 0 Å². The van der Waals surface area contributed by atoms with Crippen molar-refractivity contribution in [3.05, 3.63) is 60.2 Å². The average molecular weight is 312 g/mol. The number of rotatable bonds is 5. The molecule has 4 heteroatoms. The fraction of sp³-hybridized carbons (Fsp3) is 0.368. The summed E-state index contributed by atoms with van der Waals surface area (Å²) in [5.41, 5.74) is 2.34. The van der Waals surface area contributed by atoms with Crippen LogP contribution in [0.15, 0.2) is 54.6 Å². The van der Waals surface area contributed by atoms with Crippen molar-refractivity contribution in [2.45, 2.75) is 19.1 Å². The first-order valence-corrected chi connectivity index (χ1v) is 8.16. The number of anilines is 1. The van der Waals surface area contributed by atoms with Gasteiger partial charge in [0.2, 0.25) is 0 Å². The molecule has 0 aromatic heterocycles. The number of hydrogen-bond acceptors (Lipinski definition) is 4. The highest BCUT2D eigenvalue weighted by molar-refractivity contribution is 5.46. The molecular formula is C19H24N2O2. The van der Waals surface area contributed by atoms with Gasteiger partial charge in [0.25, 0.3) is 0 Å². The Hall–Kier alpha value is -2.04. The molecule has 0 bridgehead atoms. The summed E-state index contributed by atoms with van der Waals surface area (Å²) in [5, 5.41) is 13.1. The largest absolute Gasteiger partial charge is 0.508 e. The van der Waals surface area contributed by atoms with E-state index < -0.39 is 0 Å². The van der Waals surface area contributed by atoms with Crippen molar-refractivity contribution in [1.29, 1.82) is 0 Å². The molecule has 2 aromatic rings. The summed E-state index contributed by atoms with van der Waals surface area (Å²) in [7, 11) is 0. The Morgan fingerprint density at radius 2 is 2.04 bits per heavy atom. The van der Waals surface area contributed by atoms with Crippen molar-refractivity contribution in [3.63, 3.8) is 0 Å². The normalized spacial score (nSPS) is 19.5. The van der Waals surface area contributed by atoms with E-state index in [4.69, 9.17) is 4.74 Å². The lowest BCUT2D eigenvalue weighted by atomic mass is 10.1. The molecule has 0 saturated carbocycles. The quantitative estimate of drug-likeness (QED) is 0.891. The minimum atomic E-state index is 0.170. The van der Waals surface area contributed by atoms with Gasteiger partial charge in [0.05, 0.1) is 12.7 Å². The summed E-state index contributed by atoms with van der Waals surface area (Å²) in [4.78, 5) is 2.37. The highest BCUT2D eigenvalue weighted by atomic mass is 16.5. The van der Waals surface area contributed by atoms with E-state index in [1.807, 2.05) is 18.2 Å². The molecule has 1 aliphatic heterocycles. The smallest absolute Gasteiger partial charge is 0.115 e. The highest BCUT2D eigenvalue weighted by Crippen LogP contribution is 2.19. The summed E-state index contributed by atoms with van der Waals surface area (Å²) in [5.74, 6) is 0.306. The van der Waals surface area contributed by atoms with Crippen molar-refractivity contribution < 1.29 is 9.84 Å². The minimum Gasteiger partial charge on any atom is -0.508 e. The number of ether oxygens (including phenoxy) is 1. The molecule has 0 aliphatic carbocycles. The molecule has 1 fully saturated rings. The maximum atomic E-state index is 9.58. The van der Waals surface area contributed by atoms with E-state index >= 15 is 0 Å². The monoisotopic (exact) mass is 312 g/mol. The highest BCUT2D eigenvalue weighted by Gasteiger charge is 2.21. The van der Waals surface area contributed by atoms with Crippen LogP contribution < -0.4 is 10.2 Å². The first-order chi connectivity index (χ1) is 11.2. The van der Waals surface area contributed by atoms with Crippen LogP contribution in [0.5, 0.6) is 5.75 Å². The van der Waals surface area contributed by atoms with Crippen molar-refractivity contribution in [3.8, 4) is 5.75 Å². The minimum absolute atomic E-state index is 0.170. The van der Waals surface area contributed by atoms with E-state index in [1.165, 1.54) is 5.69 Å². The second kappa shape index (κ2) is 7.49. The number of para-hydroxylation sites is 1. The number of phenols is 1.